The minimum atomic E-state index is 0.0536. The molecule has 2 saturated heterocycles. The van der Waals surface area contributed by atoms with Crippen molar-refractivity contribution in [3.05, 3.63) is 24.3 Å². The van der Waals surface area contributed by atoms with E-state index in [1.165, 1.54) is 0 Å². The first-order valence-corrected chi connectivity index (χ1v) is 7.18. The first-order chi connectivity index (χ1) is 9.83. The first-order valence-electron chi connectivity index (χ1n) is 7.18. The molecule has 2 aliphatic rings. The van der Waals surface area contributed by atoms with Crippen molar-refractivity contribution in [3.63, 3.8) is 0 Å². The van der Waals surface area contributed by atoms with Gasteiger partial charge in [0.25, 0.3) is 0 Å². The lowest BCUT2D eigenvalue weighted by Gasteiger charge is -2.17. The number of amides is 1. The summed E-state index contributed by atoms with van der Waals surface area (Å²) in [5.41, 5.74) is 0.747. The smallest absolute Gasteiger partial charge is 0.228 e. The third-order valence-corrected chi connectivity index (χ3v) is 3.76. The zero-order valence-electron chi connectivity index (χ0n) is 11.4. The lowest BCUT2D eigenvalue weighted by Crippen LogP contribution is -2.25. The van der Waals surface area contributed by atoms with Crippen LogP contribution in [0.4, 0.5) is 5.69 Å². The Morgan fingerprint density at radius 2 is 2.25 bits per heavy atom. The number of rotatable bonds is 4. The van der Waals surface area contributed by atoms with Crippen LogP contribution in [0.3, 0.4) is 0 Å². The molecule has 0 aromatic heterocycles. The maximum Gasteiger partial charge on any atom is 0.228 e. The Labute approximate surface area is 118 Å². The van der Waals surface area contributed by atoms with Crippen molar-refractivity contribution in [2.45, 2.75) is 18.9 Å². The normalized spacial score (nSPS) is 25.6. The summed E-state index contributed by atoms with van der Waals surface area (Å²) >= 11 is 0. The van der Waals surface area contributed by atoms with Gasteiger partial charge < -0.3 is 20.1 Å². The van der Waals surface area contributed by atoms with Gasteiger partial charge in [0.1, 0.15) is 11.9 Å². The maximum atomic E-state index is 12.2. The zero-order valence-corrected chi connectivity index (χ0v) is 11.4. The highest BCUT2D eigenvalue weighted by molar-refractivity contribution is 5.94. The monoisotopic (exact) mass is 276 g/mol. The summed E-state index contributed by atoms with van der Waals surface area (Å²) in [6, 6.07) is 7.59. The molecular formula is C15H20N2O3. The zero-order chi connectivity index (χ0) is 13.8. The predicted molar refractivity (Wildman–Crippen MR) is 75.9 cm³/mol. The molecule has 1 amide bonds. The molecule has 2 N–H and O–H groups in total. The van der Waals surface area contributed by atoms with Crippen LogP contribution < -0.4 is 15.4 Å². The summed E-state index contributed by atoms with van der Waals surface area (Å²) in [5, 5.41) is 6.19. The fraction of sp³-hybridized carbons (Fsp3) is 0.533. The third-order valence-electron chi connectivity index (χ3n) is 3.76. The highest BCUT2D eigenvalue weighted by atomic mass is 16.5. The number of hydrogen-bond acceptors (Lipinski definition) is 4. The largest absolute Gasteiger partial charge is 0.486 e. The van der Waals surface area contributed by atoms with E-state index in [0.717, 1.165) is 44.0 Å². The van der Waals surface area contributed by atoms with Gasteiger partial charge >= 0.3 is 0 Å². The molecule has 0 aliphatic carbocycles. The van der Waals surface area contributed by atoms with E-state index in [1.807, 2.05) is 24.3 Å². The summed E-state index contributed by atoms with van der Waals surface area (Å²) in [6.07, 6.45) is 1.88. The van der Waals surface area contributed by atoms with Gasteiger partial charge in [0.2, 0.25) is 5.91 Å². The van der Waals surface area contributed by atoms with Crippen molar-refractivity contribution in [1.82, 2.24) is 5.32 Å². The number of benzene rings is 1. The van der Waals surface area contributed by atoms with Crippen molar-refractivity contribution in [2.24, 2.45) is 5.92 Å². The molecule has 2 fully saturated rings. The Morgan fingerprint density at radius 3 is 3.00 bits per heavy atom. The lowest BCUT2D eigenvalue weighted by molar-refractivity contribution is -0.119. The van der Waals surface area contributed by atoms with E-state index >= 15 is 0 Å². The highest BCUT2D eigenvalue weighted by Crippen LogP contribution is 2.27. The molecule has 0 radical (unpaired) electrons. The number of para-hydroxylation sites is 2. The SMILES string of the molecule is O=C(Nc1ccccc1OC1CCOC1)C1CCNC1. The van der Waals surface area contributed by atoms with Gasteiger partial charge in [-0.1, -0.05) is 12.1 Å². The summed E-state index contributed by atoms with van der Waals surface area (Å²) in [7, 11) is 0. The minimum absolute atomic E-state index is 0.0536. The lowest BCUT2D eigenvalue weighted by atomic mass is 10.1. The van der Waals surface area contributed by atoms with Gasteiger partial charge in [-0.3, -0.25) is 4.79 Å². The Morgan fingerprint density at radius 1 is 1.35 bits per heavy atom. The number of ether oxygens (including phenoxy) is 2. The van der Waals surface area contributed by atoms with Crippen LogP contribution in [0.15, 0.2) is 24.3 Å². The number of carbonyl (C=O) groups is 1. The maximum absolute atomic E-state index is 12.2. The van der Waals surface area contributed by atoms with E-state index in [4.69, 9.17) is 9.47 Å². The number of hydrogen-bond donors (Lipinski definition) is 2. The molecule has 0 saturated carbocycles. The standard InChI is InChI=1S/C15H20N2O3/c18-15(11-5-7-16-9-11)17-13-3-1-2-4-14(13)20-12-6-8-19-10-12/h1-4,11-12,16H,5-10H2,(H,17,18). The second kappa shape index (κ2) is 6.24. The molecule has 0 spiro atoms. The molecule has 2 aliphatic heterocycles. The van der Waals surface area contributed by atoms with Gasteiger partial charge in [-0.25, -0.2) is 0 Å². The highest BCUT2D eigenvalue weighted by Gasteiger charge is 2.24. The summed E-state index contributed by atoms with van der Waals surface area (Å²) in [5.74, 6) is 0.842. The van der Waals surface area contributed by atoms with E-state index in [-0.39, 0.29) is 17.9 Å². The Hall–Kier alpha value is -1.59. The number of carbonyl (C=O) groups excluding carboxylic acids is 1. The average molecular weight is 276 g/mol. The molecule has 2 heterocycles. The molecular weight excluding hydrogens is 256 g/mol. The number of nitrogens with one attached hydrogen (secondary N) is 2. The van der Waals surface area contributed by atoms with Crippen LogP contribution >= 0.6 is 0 Å². The van der Waals surface area contributed by atoms with Crippen molar-refractivity contribution < 1.29 is 14.3 Å². The molecule has 1 aromatic carbocycles. The third kappa shape index (κ3) is 3.11. The van der Waals surface area contributed by atoms with Crippen LogP contribution in [0, 0.1) is 5.92 Å². The van der Waals surface area contributed by atoms with Crippen LogP contribution in [0.2, 0.25) is 0 Å². The van der Waals surface area contributed by atoms with E-state index in [2.05, 4.69) is 10.6 Å². The van der Waals surface area contributed by atoms with Gasteiger partial charge in [-0.05, 0) is 25.1 Å². The van der Waals surface area contributed by atoms with Gasteiger partial charge in [0.05, 0.1) is 24.8 Å². The van der Waals surface area contributed by atoms with Gasteiger partial charge in [0.15, 0.2) is 0 Å². The molecule has 5 nitrogen and oxygen atoms in total. The molecule has 5 heteroatoms. The van der Waals surface area contributed by atoms with E-state index in [0.29, 0.717) is 6.61 Å². The van der Waals surface area contributed by atoms with Crippen LogP contribution in [0.1, 0.15) is 12.8 Å². The second-order valence-electron chi connectivity index (χ2n) is 5.28. The average Bonchev–Trinajstić information content (AvgIpc) is 3.13. The van der Waals surface area contributed by atoms with Crippen LogP contribution in [-0.4, -0.2) is 38.3 Å². The van der Waals surface area contributed by atoms with Crippen molar-refractivity contribution in [1.29, 1.82) is 0 Å². The first kappa shape index (κ1) is 13.4. The summed E-state index contributed by atoms with van der Waals surface area (Å²) in [4.78, 5) is 12.2. The molecule has 108 valence electrons. The van der Waals surface area contributed by atoms with Crippen molar-refractivity contribution in [3.8, 4) is 5.75 Å². The van der Waals surface area contributed by atoms with E-state index in [9.17, 15) is 4.79 Å². The predicted octanol–water partition coefficient (Wildman–Crippen LogP) is 1.40. The van der Waals surface area contributed by atoms with Crippen molar-refractivity contribution in [2.75, 3.05) is 31.6 Å². The molecule has 2 atom stereocenters. The van der Waals surface area contributed by atoms with Gasteiger partial charge in [-0.2, -0.15) is 0 Å². The van der Waals surface area contributed by atoms with Crippen LogP contribution in [0.25, 0.3) is 0 Å². The van der Waals surface area contributed by atoms with Crippen LogP contribution in [0.5, 0.6) is 5.75 Å². The molecule has 20 heavy (non-hydrogen) atoms. The minimum Gasteiger partial charge on any atom is -0.486 e. The van der Waals surface area contributed by atoms with Crippen molar-refractivity contribution >= 4 is 11.6 Å². The topological polar surface area (TPSA) is 59.6 Å². The molecule has 1 aromatic rings. The molecule has 3 rings (SSSR count). The summed E-state index contributed by atoms with van der Waals surface area (Å²) < 4.78 is 11.2. The quantitative estimate of drug-likeness (QED) is 0.873. The fourth-order valence-corrected chi connectivity index (χ4v) is 2.57. The van der Waals surface area contributed by atoms with E-state index in [1.54, 1.807) is 0 Å². The van der Waals surface area contributed by atoms with Crippen LogP contribution in [-0.2, 0) is 9.53 Å². The van der Waals surface area contributed by atoms with E-state index < -0.39 is 0 Å². The second-order valence-corrected chi connectivity index (χ2v) is 5.28. The molecule has 2 unspecified atom stereocenters. The summed E-state index contributed by atoms with van der Waals surface area (Å²) in [6.45, 7) is 3.03. The fourth-order valence-electron chi connectivity index (χ4n) is 2.57. The Bertz CT molecular complexity index is 466. The van der Waals surface area contributed by atoms with Gasteiger partial charge in [0, 0.05) is 13.0 Å². The van der Waals surface area contributed by atoms with Gasteiger partial charge in [-0.15, -0.1) is 0 Å². The Balaban J connectivity index is 1.66. The number of anilines is 1. The Kier molecular flexibility index (Phi) is 4.18. The molecule has 0 bridgehead atoms.